The molecule has 0 bridgehead atoms. The van der Waals surface area contributed by atoms with Crippen LogP contribution in [0.3, 0.4) is 0 Å². The van der Waals surface area contributed by atoms with E-state index in [4.69, 9.17) is 19.3 Å². The van der Waals surface area contributed by atoms with Gasteiger partial charge >= 0.3 is 0 Å². The second-order valence-electron chi connectivity index (χ2n) is 7.55. The van der Waals surface area contributed by atoms with Gasteiger partial charge in [0.05, 0.1) is 29.8 Å². The molecular formula is C24H17FN2O6. The molecule has 166 valence electrons. The molecule has 2 amide bonds. The van der Waals surface area contributed by atoms with E-state index in [1.54, 1.807) is 36.4 Å². The minimum atomic E-state index is -0.799. The van der Waals surface area contributed by atoms with Gasteiger partial charge in [-0.1, -0.05) is 12.1 Å². The summed E-state index contributed by atoms with van der Waals surface area (Å²) >= 11 is 0. The average Bonchev–Trinajstić information content (AvgIpc) is 3.41. The van der Waals surface area contributed by atoms with E-state index in [-0.39, 0.29) is 35.4 Å². The number of carbonyl (C=O) groups excluding carboxylic acids is 2. The molecule has 2 N–H and O–H groups in total. The fraction of sp³-hybridized carbons (Fsp3) is 0.125. The van der Waals surface area contributed by atoms with Crippen LogP contribution in [0.15, 0.2) is 74.5 Å². The molecule has 5 rings (SSSR count). The molecule has 0 fully saturated rings. The fourth-order valence-electron chi connectivity index (χ4n) is 3.97. The molecule has 2 aromatic heterocycles. The molecular weight excluding hydrogens is 431 g/mol. The summed E-state index contributed by atoms with van der Waals surface area (Å²) in [5.41, 5.74) is 5.47. The van der Waals surface area contributed by atoms with E-state index in [1.807, 2.05) is 0 Å². The van der Waals surface area contributed by atoms with Crippen molar-refractivity contribution < 1.29 is 27.6 Å². The van der Waals surface area contributed by atoms with E-state index < -0.39 is 29.1 Å². The molecule has 1 aliphatic rings. The fourth-order valence-corrected chi connectivity index (χ4v) is 3.97. The Kier molecular flexibility index (Phi) is 4.93. The van der Waals surface area contributed by atoms with Crippen molar-refractivity contribution in [2.45, 2.75) is 12.6 Å². The molecule has 3 heterocycles. The van der Waals surface area contributed by atoms with Gasteiger partial charge in [0, 0.05) is 0 Å². The maximum atomic E-state index is 13.9. The first-order valence-corrected chi connectivity index (χ1v) is 10.0. The van der Waals surface area contributed by atoms with Crippen LogP contribution in [0.25, 0.3) is 11.0 Å². The zero-order valence-corrected chi connectivity index (χ0v) is 17.1. The maximum absolute atomic E-state index is 13.9. The highest BCUT2D eigenvalue weighted by atomic mass is 19.1. The van der Waals surface area contributed by atoms with Crippen molar-refractivity contribution in [2.24, 2.45) is 5.73 Å². The van der Waals surface area contributed by atoms with Gasteiger partial charge in [0.25, 0.3) is 11.8 Å². The van der Waals surface area contributed by atoms with Gasteiger partial charge < -0.3 is 24.2 Å². The van der Waals surface area contributed by atoms with Gasteiger partial charge in [0.1, 0.15) is 22.9 Å². The molecule has 0 aliphatic carbocycles. The number of carbonyl (C=O) groups is 2. The van der Waals surface area contributed by atoms with Gasteiger partial charge in [-0.05, 0) is 48.0 Å². The van der Waals surface area contributed by atoms with Crippen molar-refractivity contribution in [1.82, 2.24) is 4.90 Å². The number of rotatable bonds is 6. The molecule has 4 aromatic rings. The van der Waals surface area contributed by atoms with E-state index in [0.29, 0.717) is 17.1 Å². The highest BCUT2D eigenvalue weighted by molar-refractivity contribution is 5.99. The Morgan fingerprint density at radius 3 is 2.61 bits per heavy atom. The molecule has 8 nitrogen and oxygen atoms in total. The number of nitrogens with zero attached hydrogens (tertiary/aromatic N) is 1. The second-order valence-corrected chi connectivity index (χ2v) is 7.55. The third kappa shape index (κ3) is 3.63. The number of ether oxygens (including phenoxy) is 1. The number of hydrogen-bond donors (Lipinski definition) is 1. The third-order valence-corrected chi connectivity index (χ3v) is 5.41. The van der Waals surface area contributed by atoms with E-state index in [0.717, 1.165) is 6.07 Å². The summed E-state index contributed by atoms with van der Waals surface area (Å²) in [5, 5.41) is 0.0489. The Hall–Kier alpha value is -4.40. The first-order chi connectivity index (χ1) is 15.9. The highest BCUT2D eigenvalue weighted by Gasteiger charge is 2.43. The maximum Gasteiger partial charge on any atom is 0.291 e. The monoisotopic (exact) mass is 448 g/mol. The minimum Gasteiger partial charge on any atom is -0.484 e. The number of nitrogens with two attached hydrogens (primary N) is 1. The van der Waals surface area contributed by atoms with Crippen LogP contribution in [0.1, 0.15) is 33.5 Å². The smallest absolute Gasteiger partial charge is 0.291 e. The zero-order valence-electron chi connectivity index (χ0n) is 17.1. The van der Waals surface area contributed by atoms with Gasteiger partial charge in [-0.15, -0.1) is 0 Å². The van der Waals surface area contributed by atoms with Crippen molar-refractivity contribution in [1.29, 1.82) is 0 Å². The molecule has 1 aliphatic heterocycles. The van der Waals surface area contributed by atoms with Crippen molar-refractivity contribution in [2.75, 3.05) is 6.61 Å². The summed E-state index contributed by atoms with van der Waals surface area (Å²) in [5.74, 6) is -0.860. The minimum absolute atomic E-state index is 0.0489. The highest BCUT2D eigenvalue weighted by Crippen LogP contribution is 2.39. The van der Waals surface area contributed by atoms with Crippen molar-refractivity contribution >= 4 is 22.8 Å². The Labute approximate surface area is 186 Å². The van der Waals surface area contributed by atoms with Crippen LogP contribution >= 0.6 is 0 Å². The van der Waals surface area contributed by atoms with Crippen LogP contribution in [-0.4, -0.2) is 23.3 Å². The number of furan rings is 1. The topological polar surface area (TPSA) is 116 Å². The SMILES string of the molecule is NC(=O)COc1ccc(C2c3c(oc4ccc(F)cc4c3=O)C(=O)N2Cc2ccco2)cc1. The zero-order chi connectivity index (χ0) is 23.1. The predicted octanol–water partition coefficient (Wildman–Crippen LogP) is 3.13. The van der Waals surface area contributed by atoms with Crippen molar-refractivity contribution in [3.63, 3.8) is 0 Å². The number of primary amides is 1. The first kappa shape index (κ1) is 20.5. The average molecular weight is 448 g/mol. The summed E-state index contributed by atoms with van der Waals surface area (Å²) < 4.78 is 30.3. The number of halogens is 1. The van der Waals surface area contributed by atoms with Gasteiger partial charge in [-0.25, -0.2) is 4.39 Å². The van der Waals surface area contributed by atoms with E-state index >= 15 is 0 Å². The van der Waals surface area contributed by atoms with Crippen LogP contribution in [0.4, 0.5) is 4.39 Å². The molecule has 0 radical (unpaired) electrons. The molecule has 1 atom stereocenters. The molecule has 0 saturated heterocycles. The van der Waals surface area contributed by atoms with Gasteiger partial charge in [0.2, 0.25) is 5.76 Å². The summed E-state index contributed by atoms with van der Waals surface area (Å²) in [4.78, 5) is 39.1. The van der Waals surface area contributed by atoms with Gasteiger partial charge in [-0.2, -0.15) is 0 Å². The summed E-state index contributed by atoms with van der Waals surface area (Å²) in [7, 11) is 0. The van der Waals surface area contributed by atoms with Gasteiger partial charge in [-0.3, -0.25) is 14.4 Å². The molecule has 9 heteroatoms. The quantitative estimate of drug-likeness (QED) is 0.485. The van der Waals surface area contributed by atoms with Crippen LogP contribution in [0, 0.1) is 5.82 Å². The normalized spacial score (nSPS) is 15.1. The number of amides is 2. The Bertz CT molecular complexity index is 1430. The Morgan fingerprint density at radius 1 is 1.12 bits per heavy atom. The van der Waals surface area contributed by atoms with E-state index in [1.165, 1.54) is 23.3 Å². The lowest BCUT2D eigenvalue weighted by Gasteiger charge is -2.24. The van der Waals surface area contributed by atoms with Crippen molar-refractivity contribution in [3.8, 4) is 5.75 Å². The lowest BCUT2D eigenvalue weighted by Crippen LogP contribution is -2.29. The van der Waals surface area contributed by atoms with Crippen molar-refractivity contribution in [3.05, 3.63) is 99.5 Å². The van der Waals surface area contributed by atoms with E-state index in [9.17, 15) is 18.8 Å². The number of fused-ring (bicyclic) bond motifs is 2. The third-order valence-electron chi connectivity index (χ3n) is 5.41. The molecule has 0 spiro atoms. The molecule has 0 saturated carbocycles. The predicted molar refractivity (Wildman–Crippen MR) is 114 cm³/mol. The van der Waals surface area contributed by atoms with Gasteiger partial charge in [0.15, 0.2) is 12.0 Å². The summed E-state index contributed by atoms with van der Waals surface area (Å²) in [6, 6.07) is 12.8. The lowest BCUT2D eigenvalue weighted by molar-refractivity contribution is -0.119. The lowest BCUT2D eigenvalue weighted by atomic mass is 9.98. The molecule has 33 heavy (non-hydrogen) atoms. The molecule has 1 unspecified atom stereocenters. The second kappa shape index (κ2) is 7.94. The summed E-state index contributed by atoms with van der Waals surface area (Å²) in [6.45, 7) is -0.194. The Morgan fingerprint density at radius 2 is 1.91 bits per heavy atom. The number of hydrogen-bond acceptors (Lipinski definition) is 6. The first-order valence-electron chi connectivity index (χ1n) is 10.0. The molecule has 2 aromatic carbocycles. The Balaban J connectivity index is 1.64. The van der Waals surface area contributed by atoms with Crippen LogP contribution in [0.5, 0.6) is 5.75 Å². The summed E-state index contributed by atoms with van der Waals surface area (Å²) in [6.07, 6.45) is 1.49. The largest absolute Gasteiger partial charge is 0.484 e. The standard InChI is InChI=1S/C24H17FN2O6/c25-14-5-8-18-17(10-14)22(29)20-21(13-3-6-15(7-4-13)32-12-19(26)28)27(24(30)23(20)33-18)11-16-2-1-9-31-16/h1-10,21H,11-12H2,(H2,26,28). The van der Waals surface area contributed by atoms with Crippen LogP contribution < -0.4 is 15.9 Å². The van der Waals surface area contributed by atoms with Crippen LogP contribution in [-0.2, 0) is 11.3 Å². The van der Waals surface area contributed by atoms with Crippen LogP contribution in [0.2, 0.25) is 0 Å². The number of benzene rings is 2. The van der Waals surface area contributed by atoms with E-state index in [2.05, 4.69) is 0 Å².